The summed E-state index contributed by atoms with van der Waals surface area (Å²) in [7, 11) is 0. The fraction of sp³-hybridized carbons (Fsp3) is 0.333. The Labute approximate surface area is 136 Å². The molecule has 23 heavy (non-hydrogen) atoms. The summed E-state index contributed by atoms with van der Waals surface area (Å²) in [5.74, 6) is 0.0554. The first-order valence-corrected chi connectivity index (χ1v) is 7.34. The molecular formula is C15H15ClF3N3O. The van der Waals surface area contributed by atoms with Gasteiger partial charge in [-0.1, -0.05) is 11.6 Å². The Morgan fingerprint density at radius 1 is 1.26 bits per heavy atom. The van der Waals surface area contributed by atoms with Gasteiger partial charge in [0, 0.05) is 41.9 Å². The van der Waals surface area contributed by atoms with Gasteiger partial charge < -0.3 is 10.3 Å². The number of rotatable bonds is 6. The molecule has 0 fully saturated rings. The van der Waals surface area contributed by atoms with Crippen LogP contribution in [0.4, 0.5) is 13.2 Å². The minimum absolute atomic E-state index is 0.249. The summed E-state index contributed by atoms with van der Waals surface area (Å²) in [5, 5.41) is 3.08. The summed E-state index contributed by atoms with van der Waals surface area (Å²) in [6, 6.07) is 7.15. The fourth-order valence-electron chi connectivity index (χ4n) is 1.92. The van der Waals surface area contributed by atoms with E-state index >= 15 is 0 Å². The van der Waals surface area contributed by atoms with Gasteiger partial charge in [0.25, 0.3) is 0 Å². The summed E-state index contributed by atoms with van der Waals surface area (Å²) in [6.45, 7) is 0.249. The third-order valence-corrected chi connectivity index (χ3v) is 3.35. The normalized spacial score (nSPS) is 11.5. The lowest BCUT2D eigenvalue weighted by Gasteiger charge is -2.06. The van der Waals surface area contributed by atoms with Crippen LogP contribution in [-0.4, -0.2) is 28.6 Å². The second-order valence-electron chi connectivity index (χ2n) is 4.98. The number of nitrogens with one attached hydrogen (secondary N) is 2. The lowest BCUT2D eigenvalue weighted by atomic mass is 10.2. The molecule has 8 heteroatoms. The van der Waals surface area contributed by atoms with E-state index in [0.717, 1.165) is 11.3 Å². The molecule has 0 radical (unpaired) electrons. The smallest absolute Gasteiger partial charge is 0.356 e. The maximum absolute atomic E-state index is 12.0. The summed E-state index contributed by atoms with van der Waals surface area (Å²) < 4.78 is 36.0. The van der Waals surface area contributed by atoms with Crippen molar-refractivity contribution >= 4 is 17.5 Å². The molecule has 0 unspecified atom stereocenters. The molecule has 124 valence electrons. The standard InChI is InChI=1S/C15H15ClF3N3O/c16-11-3-1-10(2-4-11)14-21-9-12(22-14)6-8-20-13(23)5-7-15(17,18)19/h1-4,9H,5-8H2,(H,20,23)(H,21,22). The second-order valence-corrected chi connectivity index (χ2v) is 5.42. The number of hydrogen-bond acceptors (Lipinski definition) is 2. The zero-order valence-electron chi connectivity index (χ0n) is 12.1. The molecular weight excluding hydrogens is 331 g/mol. The zero-order chi connectivity index (χ0) is 16.9. The lowest BCUT2D eigenvalue weighted by Crippen LogP contribution is -2.27. The van der Waals surface area contributed by atoms with Crippen molar-refractivity contribution < 1.29 is 18.0 Å². The van der Waals surface area contributed by atoms with Crippen LogP contribution in [0.3, 0.4) is 0 Å². The van der Waals surface area contributed by atoms with Crippen molar-refractivity contribution in [1.29, 1.82) is 0 Å². The molecule has 0 bridgehead atoms. The van der Waals surface area contributed by atoms with Gasteiger partial charge in [-0.15, -0.1) is 0 Å². The number of imidazole rings is 1. The van der Waals surface area contributed by atoms with E-state index in [4.69, 9.17) is 11.6 Å². The van der Waals surface area contributed by atoms with Gasteiger partial charge in [-0.3, -0.25) is 4.79 Å². The van der Waals surface area contributed by atoms with Crippen molar-refractivity contribution in [2.75, 3.05) is 6.54 Å². The van der Waals surface area contributed by atoms with Crippen LogP contribution in [0.25, 0.3) is 11.4 Å². The molecule has 0 saturated carbocycles. The zero-order valence-corrected chi connectivity index (χ0v) is 12.8. The number of carbonyl (C=O) groups excluding carboxylic acids is 1. The number of halogens is 4. The van der Waals surface area contributed by atoms with Crippen LogP contribution >= 0.6 is 11.6 Å². The topological polar surface area (TPSA) is 57.8 Å². The fourth-order valence-corrected chi connectivity index (χ4v) is 2.05. The largest absolute Gasteiger partial charge is 0.389 e. The van der Waals surface area contributed by atoms with Crippen LogP contribution in [0, 0.1) is 0 Å². The van der Waals surface area contributed by atoms with Gasteiger partial charge in [-0.05, 0) is 24.3 Å². The SMILES string of the molecule is O=C(CCC(F)(F)F)NCCc1cnc(-c2ccc(Cl)cc2)[nH]1. The van der Waals surface area contributed by atoms with Crippen LogP contribution in [0.1, 0.15) is 18.5 Å². The summed E-state index contributed by atoms with van der Waals surface area (Å²) in [6.07, 6.45) is -3.88. The summed E-state index contributed by atoms with van der Waals surface area (Å²) >= 11 is 5.82. The van der Waals surface area contributed by atoms with Crippen molar-refractivity contribution in [2.45, 2.75) is 25.4 Å². The highest BCUT2D eigenvalue weighted by Gasteiger charge is 2.27. The van der Waals surface area contributed by atoms with E-state index in [0.29, 0.717) is 17.3 Å². The number of hydrogen-bond donors (Lipinski definition) is 2. The number of aromatic amines is 1. The van der Waals surface area contributed by atoms with Crippen molar-refractivity contribution in [3.8, 4) is 11.4 Å². The number of carbonyl (C=O) groups is 1. The molecule has 0 saturated heterocycles. The quantitative estimate of drug-likeness (QED) is 0.838. The molecule has 0 aliphatic heterocycles. The predicted molar refractivity (Wildman–Crippen MR) is 81.0 cm³/mol. The van der Waals surface area contributed by atoms with E-state index < -0.39 is 24.9 Å². The van der Waals surface area contributed by atoms with Crippen LogP contribution in [-0.2, 0) is 11.2 Å². The van der Waals surface area contributed by atoms with Gasteiger partial charge in [0.15, 0.2) is 0 Å². The Morgan fingerprint density at radius 3 is 2.61 bits per heavy atom. The third-order valence-electron chi connectivity index (χ3n) is 3.10. The highest BCUT2D eigenvalue weighted by Crippen LogP contribution is 2.21. The highest BCUT2D eigenvalue weighted by atomic mass is 35.5. The molecule has 0 aliphatic carbocycles. The van der Waals surface area contributed by atoms with Crippen molar-refractivity contribution in [3.63, 3.8) is 0 Å². The predicted octanol–water partition coefficient (Wildman–Crippen LogP) is 3.73. The van der Waals surface area contributed by atoms with Crippen molar-refractivity contribution in [2.24, 2.45) is 0 Å². The molecule has 1 heterocycles. The van der Waals surface area contributed by atoms with Gasteiger partial charge in [0.1, 0.15) is 5.82 Å². The summed E-state index contributed by atoms with van der Waals surface area (Å²) in [5.41, 5.74) is 1.65. The Morgan fingerprint density at radius 2 is 1.96 bits per heavy atom. The van der Waals surface area contributed by atoms with Gasteiger partial charge in [-0.25, -0.2) is 4.98 Å². The highest BCUT2D eigenvalue weighted by molar-refractivity contribution is 6.30. The van der Waals surface area contributed by atoms with Gasteiger partial charge in [0.05, 0.1) is 6.42 Å². The molecule has 0 aliphatic rings. The van der Waals surface area contributed by atoms with Crippen molar-refractivity contribution in [1.82, 2.24) is 15.3 Å². The number of alkyl halides is 3. The maximum atomic E-state index is 12.0. The Balaban J connectivity index is 1.79. The number of benzene rings is 1. The van der Waals surface area contributed by atoms with E-state index in [1.165, 1.54) is 0 Å². The third kappa shape index (κ3) is 5.94. The number of amides is 1. The van der Waals surface area contributed by atoms with Gasteiger partial charge >= 0.3 is 6.18 Å². The van der Waals surface area contributed by atoms with Crippen LogP contribution < -0.4 is 5.32 Å². The van der Waals surface area contributed by atoms with Crippen molar-refractivity contribution in [3.05, 3.63) is 41.2 Å². The van der Waals surface area contributed by atoms with Gasteiger partial charge in [0.2, 0.25) is 5.91 Å². The average Bonchev–Trinajstić information content (AvgIpc) is 2.94. The molecule has 0 atom stereocenters. The van der Waals surface area contributed by atoms with Crippen LogP contribution in [0.2, 0.25) is 5.02 Å². The van der Waals surface area contributed by atoms with E-state index in [9.17, 15) is 18.0 Å². The minimum atomic E-state index is -4.31. The van der Waals surface area contributed by atoms with E-state index in [-0.39, 0.29) is 6.54 Å². The molecule has 2 aromatic rings. The monoisotopic (exact) mass is 345 g/mol. The van der Waals surface area contributed by atoms with E-state index in [2.05, 4.69) is 15.3 Å². The minimum Gasteiger partial charge on any atom is -0.356 e. The molecule has 2 rings (SSSR count). The number of H-pyrrole nitrogens is 1. The van der Waals surface area contributed by atoms with Gasteiger partial charge in [-0.2, -0.15) is 13.2 Å². The lowest BCUT2D eigenvalue weighted by molar-refractivity contribution is -0.144. The first kappa shape index (κ1) is 17.3. The molecule has 1 amide bonds. The summed E-state index contributed by atoms with van der Waals surface area (Å²) in [4.78, 5) is 18.6. The number of aromatic nitrogens is 2. The van der Waals surface area contributed by atoms with E-state index in [1.54, 1.807) is 18.3 Å². The Bertz CT molecular complexity index is 653. The van der Waals surface area contributed by atoms with E-state index in [1.807, 2.05) is 12.1 Å². The first-order chi connectivity index (χ1) is 10.8. The molecule has 1 aromatic carbocycles. The molecule has 2 N–H and O–H groups in total. The molecule has 4 nitrogen and oxygen atoms in total. The number of nitrogens with zero attached hydrogens (tertiary/aromatic N) is 1. The first-order valence-electron chi connectivity index (χ1n) is 6.97. The Kier molecular flexibility index (Phi) is 5.65. The Hall–Kier alpha value is -2.02. The maximum Gasteiger partial charge on any atom is 0.389 e. The van der Waals surface area contributed by atoms with Crippen LogP contribution in [0.15, 0.2) is 30.5 Å². The van der Waals surface area contributed by atoms with Crippen LogP contribution in [0.5, 0.6) is 0 Å². The molecule has 0 spiro atoms. The average molecular weight is 346 g/mol. The second kappa shape index (κ2) is 7.50. The molecule has 1 aromatic heterocycles.